The first kappa shape index (κ1) is 12.4. The molecule has 1 aliphatic carbocycles. The summed E-state index contributed by atoms with van der Waals surface area (Å²) >= 11 is 2.08. The molecule has 1 atom stereocenters. The minimum atomic E-state index is 0.658. The van der Waals surface area contributed by atoms with E-state index in [0.29, 0.717) is 6.04 Å². The maximum atomic E-state index is 3.64. The summed E-state index contributed by atoms with van der Waals surface area (Å²) in [5.74, 6) is 2.51. The standard InChI is InChI=1S/C15H22N2S/c1-12-11-18-9-8-17(12)15-5-3-2-4-13(15)10-16-14-6-7-14/h2-5,12,14,16H,6-11H2,1H3. The normalized spacial score (nSPS) is 24.3. The molecule has 0 amide bonds. The van der Waals surface area contributed by atoms with Crippen LogP contribution in [0.1, 0.15) is 25.3 Å². The summed E-state index contributed by atoms with van der Waals surface area (Å²) in [5, 5.41) is 3.64. The van der Waals surface area contributed by atoms with Gasteiger partial charge in [0.15, 0.2) is 0 Å². The molecule has 0 aromatic heterocycles. The van der Waals surface area contributed by atoms with Gasteiger partial charge in [0.25, 0.3) is 0 Å². The Morgan fingerprint density at radius 2 is 2.17 bits per heavy atom. The number of benzene rings is 1. The topological polar surface area (TPSA) is 15.3 Å². The van der Waals surface area contributed by atoms with E-state index in [-0.39, 0.29) is 0 Å². The molecule has 3 rings (SSSR count). The third-order valence-electron chi connectivity index (χ3n) is 3.83. The highest BCUT2D eigenvalue weighted by Crippen LogP contribution is 2.28. The minimum absolute atomic E-state index is 0.658. The Morgan fingerprint density at radius 3 is 2.94 bits per heavy atom. The Bertz CT molecular complexity index is 403. The molecule has 3 heteroatoms. The highest BCUT2D eigenvalue weighted by Gasteiger charge is 2.23. The van der Waals surface area contributed by atoms with Crippen LogP contribution in [0.2, 0.25) is 0 Å². The summed E-state index contributed by atoms with van der Waals surface area (Å²) in [6.07, 6.45) is 2.72. The van der Waals surface area contributed by atoms with Crippen LogP contribution in [0.3, 0.4) is 0 Å². The van der Waals surface area contributed by atoms with Gasteiger partial charge in [0.1, 0.15) is 0 Å². The fourth-order valence-corrected chi connectivity index (χ4v) is 3.58. The molecule has 1 N–H and O–H groups in total. The second-order valence-electron chi connectivity index (χ2n) is 5.40. The second kappa shape index (κ2) is 5.54. The smallest absolute Gasteiger partial charge is 0.0414 e. The lowest BCUT2D eigenvalue weighted by molar-refractivity contribution is 0.666. The van der Waals surface area contributed by atoms with Crippen LogP contribution in [-0.2, 0) is 6.54 Å². The van der Waals surface area contributed by atoms with E-state index in [1.807, 2.05) is 0 Å². The molecule has 1 unspecified atom stereocenters. The summed E-state index contributed by atoms with van der Waals surface area (Å²) in [6.45, 7) is 4.56. The molecule has 1 heterocycles. The van der Waals surface area contributed by atoms with Crippen molar-refractivity contribution in [1.82, 2.24) is 5.32 Å². The summed E-state index contributed by atoms with van der Waals surface area (Å²) in [4.78, 5) is 2.58. The maximum Gasteiger partial charge on any atom is 0.0414 e. The molecule has 1 aromatic carbocycles. The van der Waals surface area contributed by atoms with Crippen molar-refractivity contribution in [1.29, 1.82) is 0 Å². The van der Waals surface area contributed by atoms with E-state index < -0.39 is 0 Å². The van der Waals surface area contributed by atoms with Gasteiger partial charge in [0.05, 0.1) is 0 Å². The number of hydrogen-bond donors (Lipinski definition) is 1. The number of para-hydroxylation sites is 1. The van der Waals surface area contributed by atoms with Crippen LogP contribution in [0.25, 0.3) is 0 Å². The molecule has 98 valence electrons. The van der Waals surface area contributed by atoms with Crippen molar-refractivity contribution in [2.75, 3.05) is 23.0 Å². The predicted octanol–water partition coefficient (Wildman–Crippen LogP) is 2.88. The minimum Gasteiger partial charge on any atom is -0.367 e. The van der Waals surface area contributed by atoms with Crippen molar-refractivity contribution < 1.29 is 0 Å². The molecule has 2 nitrogen and oxygen atoms in total. The molecule has 18 heavy (non-hydrogen) atoms. The van der Waals surface area contributed by atoms with Crippen LogP contribution in [-0.4, -0.2) is 30.1 Å². The van der Waals surface area contributed by atoms with Crippen LogP contribution in [0.4, 0.5) is 5.69 Å². The Labute approximate surface area is 114 Å². The van der Waals surface area contributed by atoms with E-state index in [2.05, 4.69) is 53.2 Å². The number of thioether (sulfide) groups is 1. The Kier molecular flexibility index (Phi) is 3.80. The van der Waals surface area contributed by atoms with E-state index in [9.17, 15) is 0 Å². The summed E-state index contributed by atoms with van der Waals surface area (Å²) < 4.78 is 0. The highest BCUT2D eigenvalue weighted by atomic mass is 32.2. The first-order valence-corrected chi connectivity index (χ1v) is 8.16. The Balaban J connectivity index is 1.75. The summed E-state index contributed by atoms with van der Waals surface area (Å²) in [7, 11) is 0. The molecule has 1 aromatic rings. The SMILES string of the molecule is CC1CSCCN1c1ccccc1CNC1CC1. The highest BCUT2D eigenvalue weighted by molar-refractivity contribution is 7.99. The van der Waals surface area contributed by atoms with Gasteiger partial charge in [-0.05, 0) is 31.4 Å². The average Bonchev–Trinajstić information content (AvgIpc) is 3.22. The van der Waals surface area contributed by atoms with Crippen LogP contribution < -0.4 is 10.2 Å². The van der Waals surface area contributed by atoms with Crippen LogP contribution >= 0.6 is 11.8 Å². The molecule has 1 aliphatic heterocycles. The van der Waals surface area contributed by atoms with Crippen LogP contribution in [0.15, 0.2) is 24.3 Å². The molecular formula is C15H22N2S. The number of rotatable bonds is 4. The maximum absolute atomic E-state index is 3.64. The third-order valence-corrected chi connectivity index (χ3v) is 5.02. The van der Waals surface area contributed by atoms with Gasteiger partial charge in [-0.15, -0.1) is 0 Å². The third kappa shape index (κ3) is 2.83. The fraction of sp³-hybridized carbons (Fsp3) is 0.600. The van der Waals surface area contributed by atoms with E-state index in [4.69, 9.17) is 0 Å². The Hall–Kier alpha value is -0.670. The quantitative estimate of drug-likeness (QED) is 0.898. The lowest BCUT2D eigenvalue weighted by Gasteiger charge is -2.36. The predicted molar refractivity (Wildman–Crippen MR) is 80.4 cm³/mol. The zero-order chi connectivity index (χ0) is 12.4. The lowest BCUT2D eigenvalue weighted by Crippen LogP contribution is -2.41. The molecule has 1 saturated heterocycles. The zero-order valence-corrected chi connectivity index (χ0v) is 11.9. The lowest BCUT2D eigenvalue weighted by atomic mass is 10.1. The van der Waals surface area contributed by atoms with E-state index in [1.165, 1.54) is 42.1 Å². The van der Waals surface area contributed by atoms with Gasteiger partial charge >= 0.3 is 0 Å². The van der Waals surface area contributed by atoms with Gasteiger partial charge < -0.3 is 10.2 Å². The largest absolute Gasteiger partial charge is 0.367 e. The van der Waals surface area contributed by atoms with E-state index in [0.717, 1.165) is 12.6 Å². The summed E-state index contributed by atoms with van der Waals surface area (Å²) in [5.41, 5.74) is 2.90. The van der Waals surface area contributed by atoms with E-state index >= 15 is 0 Å². The monoisotopic (exact) mass is 262 g/mol. The Morgan fingerprint density at radius 1 is 1.33 bits per heavy atom. The summed E-state index contributed by atoms with van der Waals surface area (Å²) in [6, 6.07) is 10.3. The van der Waals surface area contributed by atoms with Crippen LogP contribution in [0.5, 0.6) is 0 Å². The van der Waals surface area contributed by atoms with Crippen molar-refractivity contribution in [3.63, 3.8) is 0 Å². The number of hydrogen-bond acceptors (Lipinski definition) is 3. The number of anilines is 1. The number of nitrogens with one attached hydrogen (secondary N) is 1. The molecule has 2 fully saturated rings. The number of nitrogens with zero attached hydrogens (tertiary/aromatic N) is 1. The van der Waals surface area contributed by atoms with Crippen LogP contribution in [0, 0.1) is 0 Å². The van der Waals surface area contributed by atoms with Gasteiger partial charge in [-0.1, -0.05) is 18.2 Å². The first-order valence-electron chi connectivity index (χ1n) is 7.00. The van der Waals surface area contributed by atoms with Gasteiger partial charge in [-0.2, -0.15) is 11.8 Å². The van der Waals surface area contributed by atoms with Crippen molar-refractivity contribution in [3.05, 3.63) is 29.8 Å². The van der Waals surface area contributed by atoms with Crippen molar-refractivity contribution in [2.24, 2.45) is 0 Å². The zero-order valence-electron chi connectivity index (χ0n) is 11.1. The molecule has 0 spiro atoms. The molecular weight excluding hydrogens is 240 g/mol. The van der Waals surface area contributed by atoms with Crippen molar-refractivity contribution in [2.45, 2.75) is 38.4 Å². The molecule has 0 bridgehead atoms. The second-order valence-corrected chi connectivity index (χ2v) is 6.55. The van der Waals surface area contributed by atoms with Gasteiger partial charge in [-0.3, -0.25) is 0 Å². The van der Waals surface area contributed by atoms with Gasteiger partial charge in [0, 0.05) is 42.4 Å². The van der Waals surface area contributed by atoms with E-state index in [1.54, 1.807) is 0 Å². The molecule has 1 saturated carbocycles. The molecule has 0 radical (unpaired) electrons. The molecule has 2 aliphatic rings. The average molecular weight is 262 g/mol. The van der Waals surface area contributed by atoms with Crippen molar-refractivity contribution >= 4 is 17.4 Å². The van der Waals surface area contributed by atoms with Crippen molar-refractivity contribution in [3.8, 4) is 0 Å². The first-order chi connectivity index (χ1) is 8.84. The fourth-order valence-electron chi connectivity index (χ4n) is 2.57. The van der Waals surface area contributed by atoms with Gasteiger partial charge in [-0.25, -0.2) is 0 Å². The van der Waals surface area contributed by atoms with Gasteiger partial charge in [0.2, 0.25) is 0 Å².